The minimum atomic E-state index is 0.316. The summed E-state index contributed by atoms with van der Waals surface area (Å²) in [5.41, 5.74) is 2.85. The van der Waals surface area contributed by atoms with E-state index >= 15 is 0 Å². The molecule has 1 atom stereocenters. The summed E-state index contributed by atoms with van der Waals surface area (Å²) in [6.45, 7) is 2.20. The first-order chi connectivity index (χ1) is 6.38. The number of thiophene rings is 1. The van der Waals surface area contributed by atoms with Gasteiger partial charge in [0.25, 0.3) is 0 Å². The Morgan fingerprint density at radius 1 is 1.69 bits per heavy atom. The van der Waals surface area contributed by atoms with Gasteiger partial charge in [-0.3, -0.25) is 11.3 Å². The van der Waals surface area contributed by atoms with Gasteiger partial charge in [-0.25, -0.2) is 0 Å². The third-order valence-corrected chi connectivity index (χ3v) is 3.97. The van der Waals surface area contributed by atoms with Crippen molar-refractivity contribution in [3.05, 3.63) is 22.4 Å². The highest BCUT2D eigenvalue weighted by Gasteiger charge is 2.09. The molecule has 0 saturated carbocycles. The van der Waals surface area contributed by atoms with E-state index in [1.165, 1.54) is 17.1 Å². The van der Waals surface area contributed by atoms with Crippen molar-refractivity contribution < 1.29 is 0 Å². The van der Waals surface area contributed by atoms with Gasteiger partial charge in [0.2, 0.25) is 0 Å². The van der Waals surface area contributed by atoms with Crippen LogP contribution in [0, 0.1) is 0 Å². The van der Waals surface area contributed by atoms with Gasteiger partial charge in [-0.2, -0.15) is 11.8 Å². The van der Waals surface area contributed by atoms with Gasteiger partial charge in [-0.15, -0.1) is 11.3 Å². The number of hydrogen-bond acceptors (Lipinski definition) is 4. The molecule has 3 N–H and O–H groups in total. The number of rotatable bonds is 6. The van der Waals surface area contributed by atoms with Gasteiger partial charge in [-0.05, 0) is 23.6 Å². The molecule has 0 spiro atoms. The topological polar surface area (TPSA) is 38.0 Å². The Hall–Kier alpha value is -0.0300. The number of nitrogens with two attached hydrogens (primary N) is 1. The van der Waals surface area contributed by atoms with Crippen LogP contribution in [0.5, 0.6) is 0 Å². The molecule has 0 saturated heterocycles. The van der Waals surface area contributed by atoms with Gasteiger partial charge in [0.15, 0.2) is 0 Å². The van der Waals surface area contributed by atoms with Crippen LogP contribution in [0.2, 0.25) is 0 Å². The van der Waals surface area contributed by atoms with Crippen molar-refractivity contribution in [2.24, 2.45) is 5.84 Å². The number of nitrogens with one attached hydrogen (secondary N) is 1. The summed E-state index contributed by atoms with van der Waals surface area (Å²) >= 11 is 3.71. The molecule has 2 nitrogen and oxygen atoms in total. The molecule has 1 rings (SSSR count). The molecule has 0 aliphatic carbocycles. The second-order valence-corrected chi connectivity index (χ2v) is 4.94. The van der Waals surface area contributed by atoms with E-state index in [0.717, 1.165) is 5.75 Å². The van der Waals surface area contributed by atoms with E-state index in [-0.39, 0.29) is 0 Å². The zero-order valence-electron chi connectivity index (χ0n) is 7.82. The SMILES string of the molecule is CCCSCC(NN)c1cccs1. The zero-order chi connectivity index (χ0) is 9.52. The third kappa shape index (κ3) is 3.68. The Morgan fingerprint density at radius 3 is 3.08 bits per heavy atom. The maximum atomic E-state index is 5.49. The van der Waals surface area contributed by atoms with Gasteiger partial charge in [0.1, 0.15) is 0 Å². The van der Waals surface area contributed by atoms with Gasteiger partial charge in [-0.1, -0.05) is 13.0 Å². The van der Waals surface area contributed by atoms with Gasteiger partial charge in [0, 0.05) is 10.6 Å². The van der Waals surface area contributed by atoms with Crippen molar-refractivity contribution >= 4 is 23.1 Å². The second-order valence-electron chi connectivity index (χ2n) is 2.81. The molecular formula is C9H16N2S2. The monoisotopic (exact) mass is 216 g/mol. The number of hydrogen-bond donors (Lipinski definition) is 2. The molecule has 0 amide bonds. The maximum Gasteiger partial charge on any atom is 0.0643 e. The lowest BCUT2D eigenvalue weighted by atomic mass is 10.3. The molecule has 4 heteroatoms. The number of thioether (sulfide) groups is 1. The summed E-state index contributed by atoms with van der Waals surface area (Å²) < 4.78 is 0. The van der Waals surface area contributed by atoms with E-state index in [0.29, 0.717) is 6.04 Å². The van der Waals surface area contributed by atoms with E-state index < -0.39 is 0 Å². The first-order valence-electron chi connectivity index (χ1n) is 4.45. The van der Waals surface area contributed by atoms with Gasteiger partial charge in [0.05, 0.1) is 6.04 Å². The fraction of sp³-hybridized carbons (Fsp3) is 0.556. The van der Waals surface area contributed by atoms with Crippen molar-refractivity contribution in [2.75, 3.05) is 11.5 Å². The lowest BCUT2D eigenvalue weighted by molar-refractivity contribution is 0.620. The van der Waals surface area contributed by atoms with E-state index in [9.17, 15) is 0 Å². The molecule has 1 unspecified atom stereocenters. The molecule has 0 bridgehead atoms. The quantitative estimate of drug-likeness (QED) is 0.436. The fourth-order valence-electron chi connectivity index (χ4n) is 1.05. The van der Waals surface area contributed by atoms with Crippen LogP contribution in [-0.4, -0.2) is 11.5 Å². The average Bonchev–Trinajstić information content (AvgIpc) is 2.65. The minimum Gasteiger partial charge on any atom is -0.271 e. The lowest BCUT2D eigenvalue weighted by Gasteiger charge is -2.12. The summed E-state index contributed by atoms with van der Waals surface area (Å²) in [6.07, 6.45) is 1.23. The summed E-state index contributed by atoms with van der Waals surface area (Å²) in [5, 5.41) is 2.09. The standard InChI is InChI=1S/C9H16N2S2/c1-2-5-12-7-8(11-10)9-4-3-6-13-9/h3-4,6,8,11H,2,5,7,10H2,1H3. The van der Waals surface area contributed by atoms with E-state index in [1.54, 1.807) is 11.3 Å². The van der Waals surface area contributed by atoms with Crippen LogP contribution in [0.3, 0.4) is 0 Å². The first kappa shape index (κ1) is 11.0. The Bertz CT molecular complexity index is 211. The highest BCUT2D eigenvalue weighted by molar-refractivity contribution is 7.99. The molecule has 0 radical (unpaired) electrons. The normalized spacial score (nSPS) is 13.1. The van der Waals surface area contributed by atoms with Crippen molar-refractivity contribution in [1.29, 1.82) is 0 Å². The fourth-order valence-corrected chi connectivity index (χ4v) is 2.91. The molecule has 1 aromatic heterocycles. The van der Waals surface area contributed by atoms with Gasteiger partial charge >= 0.3 is 0 Å². The highest BCUT2D eigenvalue weighted by atomic mass is 32.2. The van der Waals surface area contributed by atoms with Crippen LogP contribution < -0.4 is 11.3 Å². The van der Waals surface area contributed by atoms with Crippen LogP contribution in [0.1, 0.15) is 24.3 Å². The largest absolute Gasteiger partial charge is 0.271 e. The van der Waals surface area contributed by atoms with Crippen LogP contribution in [-0.2, 0) is 0 Å². The summed E-state index contributed by atoms with van der Waals surface area (Å²) in [4.78, 5) is 1.33. The van der Waals surface area contributed by atoms with E-state index in [4.69, 9.17) is 5.84 Å². The van der Waals surface area contributed by atoms with Crippen molar-refractivity contribution in [2.45, 2.75) is 19.4 Å². The Labute approximate surface area is 87.9 Å². The molecule has 74 valence electrons. The van der Waals surface area contributed by atoms with E-state index in [1.807, 2.05) is 11.8 Å². The highest BCUT2D eigenvalue weighted by Crippen LogP contribution is 2.22. The van der Waals surface area contributed by atoms with Crippen LogP contribution in [0.25, 0.3) is 0 Å². The number of hydrazine groups is 1. The Balaban J connectivity index is 2.35. The van der Waals surface area contributed by atoms with Crippen molar-refractivity contribution in [1.82, 2.24) is 5.43 Å². The van der Waals surface area contributed by atoms with Crippen molar-refractivity contribution in [3.63, 3.8) is 0 Å². The van der Waals surface area contributed by atoms with Crippen LogP contribution in [0.4, 0.5) is 0 Å². The summed E-state index contributed by atoms with van der Waals surface area (Å²) in [5.74, 6) is 7.76. The smallest absolute Gasteiger partial charge is 0.0643 e. The molecule has 0 aliphatic rings. The predicted octanol–water partition coefficient (Wildman–Crippen LogP) is 2.40. The minimum absolute atomic E-state index is 0.316. The maximum absolute atomic E-state index is 5.49. The predicted molar refractivity (Wildman–Crippen MR) is 62.0 cm³/mol. The van der Waals surface area contributed by atoms with Crippen LogP contribution >= 0.6 is 23.1 Å². The first-order valence-corrected chi connectivity index (χ1v) is 6.49. The molecule has 0 aromatic carbocycles. The van der Waals surface area contributed by atoms with Gasteiger partial charge < -0.3 is 0 Å². The van der Waals surface area contributed by atoms with E-state index in [2.05, 4.69) is 29.9 Å². The van der Waals surface area contributed by atoms with Crippen molar-refractivity contribution in [3.8, 4) is 0 Å². The molecule has 0 aliphatic heterocycles. The Morgan fingerprint density at radius 2 is 2.54 bits per heavy atom. The second kappa shape index (κ2) is 6.43. The van der Waals surface area contributed by atoms with Crippen LogP contribution in [0.15, 0.2) is 17.5 Å². The zero-order valence-corrected chi connectivity index (χ0v) is 9.46. The third-order valence-electron chi connectivity index (χ3n) is 1.72. The average molecular weight is 216 g/mol. The molecule has 1 heterocycles. The molecular weight excluding hydrogens is 200 g/mol. The summed E-state index contributed by atoms with van der Waals surface area (Å²) in [7, 11) is 0. The molecule has 0 fully saturated rings. The summed E-state index contributed by atoms with van der Waals surface area (Å²) in [6, 6.07) is 4.51. The molecule has 13 heavy (non-hydrogen) atoms. The molecule has 1 aromatic rings. The Kier molecular flexibility index (Phi) is 5.46. The lowest BCUT2D eigenvalue weighted by Crippen LogP contribution is -2.29.